The highest BCUT2D eigenvalue weighted by Crippen LogP contribution is 2.15. The maximum absolute atomic E-state index is 11.9. The first kappa shape index (κ1) is 16.6. The summed E-state index contributed by atoms with van der Waals surface area (Å²) < 4.78 is 0. The van der Waals surface area contributed by atoms with Crippen molar-refractivity contribution in [2.45, 2.75) is 25.7 Å². The van der Waals surface area contributed by atoms with Crippen LogP contribution in [0.3, 0.4) is 0 Å². The molecule has 2 aromatic rings. The molecular formula is C18H21NO2S. The number of carbonyl (C=O) groups is 1. The fourth-order valence-corrected chi connectivity index (χ4v) is 2.88. The van der Waals surface area contributed by atoms with Crippen molar-refractivity contribution in [1.29, 1.82) is 0 Å². The molecule has 0 fully saturated rings. The van der Waals surface area contributed by atoms with E-state index < -0.39 is 0 Å². The molecule has 0 saturated heterocycles. The molecule has 116 valence electrons. The SMILES string of the molecule is CCc1ccc(NC(=O)CSCc2cccc(CO)c2)cc1. The Morgan fingerprint density at radius 1 is 1.09 bits per heavy atom. The number of amides is 1. The predicted molar refractivity (Wildman–Crippen MR) is 93.0 cm³/mol. The molecule has 0 heterocycles. The highest BCUT2D eigenvalue weighted by molar-refractivity contribution is 7.99. The average molecular weight is 315 g/mol. The summed E-state index contributed by atoms with van der Waals surface area (Å²) in [6.07, 6.45) is 0.997. The van der Waals surface area contributed by atoms with Crippen LogP contribution in [0.5, 0.6) is 0 Å². The number of thioether (sulfide) groups is 1. The summed E-state index contributed by atoms with van der Waals surface area (Å²) in [6.45, 7) is 2.16. The first-order valence-electron chi connectivity index (χ1n) is 7.36. The molecule has 0 saturated carbocycles. The third kappa shape index (κ3) is 5.20. The van der Waals surface area contributed by atoms with Crippen molar-refractivity contribution >= 4 is 23.4 Å². The number of hydrogen-bond donors (Lipinski definition) is 2. The minimum absolute atomic E-state index is 0.00700. The highest BCUT2D eigenvalue weighted by Gasteiger charge is 2.03. The number of anilines is 1. The Labute approximate surface area is 135 Å². The van der Waals surface area contributed by atoms with Crippen LogP contribution in [0.1, 0.15) is 23.6 Å². The van der Waals surface area contributed by atoms with E-state index in [2.05, 4.69) is 12.2 Å². The molecule has 0 spiro atoms. The Bertz CT molecular complexity index is 611. The van der Waals surface area contributed by atoms with E-state index in [9.17, 15) is 4.79 Å². The third-order valence-corrected chi connectivity index (χ3v) is 4.33. The van der Waals surface area contributed by atoms with Crippen LogP contribution in [0.25, 0.3) is 0 Å². The van der Waals surface area contributed by atoms with Gasteiger partial charge in [0.25, 0.3) is 0 Å². The highest BCUT2D eigenvalue weighted by atomic mass is 32.2. The first-order valence-corrected chi connectivity index (χ1v) is 8.52. The Balaban J connectivity index is 1.77. The summed E-state index contributed by atoms with van der Waals surface area (Å²) >= 11 is 1.57. The van der Waals surface area contributed by atoms with Gasteiger partial charge in [-0.25, -0.2) is 0 Å². The smallest absolute Gasteiger partial charge is 0.234 e. The molecule has 4 heteroatoms. The lowest BCUT2D eigenvalue weighted by atomic mass is 10.1. The van der Waals surface area contributed by atoms with Gasteiger partial charge in [0, 0.05) is 11.4 Å². The van der Waals surface area contributed by atoms with E-state index in [4.69, 9.17) is 5.11 Å². The first-order chi connectivity index (χ1) is 10.7. The Morgan fingerprint density at radius 2 is 1.82 bits per heavy atom. The molecule has 2 rings (SSSR count). The summed E-state index contributed by atoms with van der Waals surface area (Å²) in [5.41, 5.74) is 4.12. The Kier molecular flexibility index (Phi) is 6.49. The van der Waals surface area contributed by atoms with E-state index in [0.717, 1.165) is 29.0 Å². The van der Waals surface area contributed by atoms with Crippen molar-refractivity contribution in [2.24, 2.45) is 0 Å². The summed E-state index contributed by atoms with van der Waals surface area (Å²) in [5.74, 6) is 1.18. The second-order valence-corrected chi connectivity index (χ2v) is 6.06. The Morgan fingerprint density at radius 3 is 2.50 bits per heavy atom. The van der Waals surface area contributed by atoms with Crippen molar-refractivity contribution in [3.63, 3.8) is 0 Å². The molecule has 2 N–H and O–H groups in total. The number of aliphatic hydroxyl groups is 1. The summed E-state index contributed by atoms with van der Waals surface area (Å²) in [7, 11) is 0. The zero-order valence-corrected chi connectivity index (χ0v) is 13.5. The molecule has 0 atom stereocenters. The van der Waals surface area contributed by atoms with Crippen molar-refractivity contribution in [3.05, 3.63) is 65.2 Å². The molecule has 0 aliphatic rings. The standard InChI is InChI=1S/C18H21NO2S/c1-2-14-6-8-17(9-7-14)19-18(21)13-22-12-16-5-3-4-15(10-16)11-20/h3-10,20H,2,11-13H2,1H3,(H,19,21). The van der Waals surface area contributed by atoms with Crippen molar-refractivity contribution in [1.82, 2.24) is 0 Å². The summed E-state index contributed by atoms with van der Waals surface area (Å²) in [6, 6.07) is 15.7. The third-order valence-electron chi connectivity index (χ3n) is 3.32. The van der Waals surface area contributed by atoms with Gasteiger partial charge in [0.2, 0.25) is 5.91 Å². The van der Waals surface area contributed by atoms with Gasteiger partial charge in [-0.2, -0.15) is 0 Å². The minimum Gasteiger partial charge on any atom is -0.392 e. The number of nitrogens with one attached hydrogen (secondary N) is 1. The number of hydrogen-bond acceptors (Lipinski definition) is 3. The molecule has 22 heavy (non-hydrogen) atoms. The topological polar surface area (TPSA) is 49.3 Å². The lowest BCUT2D eigenvalue weighted by Gasteiger charge is -2.07. The molecule has 0 aliphatic carbocycles. The number of benzene rings is 2. The second kappa shape index (κ2) is 8.61. The Hall–Kier alpha value is -1.78. The number of rotatable bonds is 7. The van der Waals surface area contributed by atoms with E-state index in [-0.39, 0.29) is 12.5 Å². The van der Waals surface area contributed by atoms with E-state index in [1.807, 2.05) is 48.5 Å². The van der Waals surface area contributed by atoms with Gasteiger partial charge >= 0.3 is 0 Å². The van der Waals surface area contributed by atoms with Crippen LogP contribution in [0.4, 0.5) is 5.69 Å². The fourth-order valence-electron chi connectivity index (χ4n) is 2.10. The van der Waals surface area contributed by atoms with Gasteiger partial charge in [-0.05, 0) is 35.2 Å². The average Bonchev–Trinajstić information content (AvgIpc) is 2.56. The lowest BCUT2D eigenvalue weighted by molar-refractivity contribution is -0.113. The normalized spacial score (nSPS) is 10.5. The van der Waals surface area contributed by atoms with Gasteiger partial charge in [0.05, 0.1) is 12.4 Å². The van der Waals surface area contributed by atoms with Crippen LogP contribution < -0.4 is 5.32 Å². The quantitative estimate of drug-likeness (QED) is 0.820. The van der Waals surface area contributed by atoms with Crippen LogP contribution in [-0.4, -0.2) is 16.8 Å². The molecule has 2 aromatic carbocycles. The van der Waals surface area contributed by atoms with Crippen LogP contribution in [0, 0.1) is 0 Å². The van der Waals surface area contributed by atoms with Gasteiger partial charge in [-0.1, -0.05) is 43.3 Å². The molecule has 0 aliphatic heterocycles. The summed E-state index contributed by atoms with van der Waals surface area (Å²) in [4.78, 5) is 11.9. The maximum atomic E-state index is 11.9. The van der Waals surface area contributed by atoms with Gasteiger partial charge in [0.15, 0.2) is 0 Å². The predicted octanol–water partition coefficient (Wildman–Crippen LogP) is 3.61. The summed E-state index contributed by atoms with van der Waals surface area (Å²) in [5, 5.41) is 12.0. The van der Waals surface area contributed by atoms with Gasteiger partial charge in [0.1, 0.15) is 0 Å². The van der Waals surface area contributed by atoms with Gasteiger partial charge in [-0.15, -0.1) is 11.8 Å². The van der Waals surface area contributed by atoms with Gasteiger partial charge < -0.3 is 10.4 Å². The van der Waals surface area contributed by atoms with E-state index in [1.54, 1.807) is 11.8 Å². The molecule has 0 unspecified atom stereocenters. The lowest BCUT2D eigenvalue weighted by Crippen LogP contribution is -2.14. The largest absolute Gasteiger partial charge is 0.392 e. The van der Waals surface area contributed by atoms with Crippen LogP contribution in [-0.2, 0) is 23.6 Å². The molecule has 0 radical (unpaired) electrons. The zero-order valence-electron chi connectivity index (χ0n) is 12.7. The second-order valence-electron chi connectivity index (χ2n) is 5.07. The van der Waals surface area contributed by atoms with Gasteiger partial charge in [-0.3, -0.25) is 4.79 Å². The molecule has 1 amide bonds. The monoisotopic (exact) mass is 315 g/mol. The zero-order chi connectivity index (χ0) is 15.8. The van der Waals surface area contributed by atoms with E-state index in [0.29, 0.717) is 5.75 Å². The number of aryl methyl sites for hydroxylation is 1. The van der Waals surface area contributed by atoms with Crippen LogP contribution >= 0.6 is 11.8 Å². The minimum atomic E-state index is 0.00700. The maximum Gasteiger partial charge on any atom is 0.234 e. The molecular weight excluding hydrogens is 294 g/mol. The number of carbonyl (C=O) groups excluding carboxylic acids is 1. The van der Waals surface area contributed by atoms with Crippen molar-refractivity contribution < 1.29 is 9.90 Å². The van der Waals surface area contributed by atoms with Crippen molar-refractivity contribution in [3.8, 4) is 0 Å². The van der Waals surface area contributed by atoms with Crippen LogP contribution in [0.15, 0.2) is 48.5 Å². The van der Waals surface area contributed by atoms with Crippen LogP contribution in [0.2, 0.25) is 0 Å². The number of aliphatic hydroxyl groups excluding tert-OH is 1. The molecule has 0 bridgehead atoms. The van der Waals surface area contributed by atoms with E-state index in [1.165, 1.54) is 5.56 Å². The molecule has 0 aromatic heterocycles. The molecule has 3 nitrogen and oxygen atoms in total. The fraction of sp³-hybridized carbons (Fsp3) is 0.278. The van der Waals surface area contributed by atoms with E-state index >= 15 is 0 Å². The van der Waals surface area contributed by atoms with Crippen molar-refractivity contribution in [2.75, 3.05) is 11.1 Å².